The Kier molecular flexibility index (Phi) is 5.59. The highest BCUT2D eigenvalue weighted by Gasteiger charge is 2.05. The van der Waals surface area contributed by atoms with Gasteiger partial charge >= 0.3 is 0 Å². The summed E-state index contributed by atoms with van der Waals surface area (Å²) in [5, 5.41) is 16.4. The minimum absolute atomic E-state index is 0.442. The molecule has 0 radical (unpaired) electrons. The van der Waals surface area contributed by atoms with Crippen LogP contribution in [0.4, 0.5) is 5.69 Å². The third-order valence-electron chi connectivity index (χ3n) is 3.36. The Labute approximate surface area is 120 Å². The standard InChI is InChI=1S/C17H22N2O/c1-18-16-9-7-14(8-10-16)11-12-19-13-17(20)15-5-3-2-4-6-15/h2-10,17-20H,11-13H2,1H3. The van der Waals surface area contributed by atoms with Crippen LogP contribution in [0.5, 0.6) is 0 Å². The van der Waals surface area contributed by atoms with E-state index in [0.717, 1.165) is 24.2 Å². The molecule has 0 aliphatic carbocycles. The highest BCUT2D eigenvalue weighted by atomic mass is 16.3. The van der Waals surface area contributed by atoms with E-state index in [0.29, 0.717) is 6.54 Å². The second kappa shape index (κ2) is 7.68. The molecule has 0 saturated carbocycles. The number of anilines is 1. The third kappa shape index (κ3) is 4.37. The fraction of sp³-hybridized carbons (Fsp3) is 0.294. The molecule has 0 fully saturated rings. The summed E-state index contributed by atoms with van der Waals surface area (Å²) in [5.41, 5.74) is 3.38. The summed E-state index contributed by atoms with van der Waals surface area (Å²) in [6, 6.07) is 18.2. The monoisotopic (exact) mass is 270 g/mol. The van der Waals surface area contributed by atoms with Gasteiger partial charge in [0.15, 0.2) is 0 Å². The number of aliphatic hydroxyl groups excluding tert-OH is 1. The molecule has 3 heteroatoms. The lowest BCUT2D eigenvalue weighted by atomic mass is 10.1. The van der Waals surface area contributed by atoms with Crippen molar-refractivity contribution in [1.29, 1.82) is 0 Å². The Balaban J connectivity index is 1.70. The van der Waals surface area contributed by atoms with Crippen molar-refractivity contribution in [2.45, 2.75) is 12.5 Å². The van der Waals surface area contributed by atoms with Gasteiger partial charge in [0.05, 0.1) is 6.10 Å². The maximum atomic E-state index is 10.0. The van der Waals surface area contributed by atoms with Gasteiger partial charge in [-0.25, -0.2) is 0 Å². The van der Waals surface area contributed by atoms with Gasteiger partial charge in [-0.2, -0.15) is 0 Å². The second-order valence-corrected chi connectivity index (χ2v) is 4.83. The van der Waals surface area contributed by atoms with Crippen molar-refractivity contribution in [3.63, 3.8) is 0 Å². The first-order valence-corrected chi connectivity index (χ1v) is 7.00. The molecule has 0 amide bonds. The van der Waals surface area contributed by atoms with Gasteiger partial charge in [-0.05, 0) is 36.2 Å². The fourth-order valence-electron chi connectivity index (χ4n) is 2.10. The zero-order valence-electron chi connectivity index (χ0n) is 11.8. The van der Waals surface area contributed by atoms with Crippen LogP contribution >= 0.6 is 0 Å². The summed E-state index contributed by atoms with van der Waals surface area (Å²) < 4.78 is 0. The normalized spacial score (nSPS) is 12.1. The average molecular weight is 270 g/mol. The average Bonchev–Trinajstić information content (AvgIpc) is 2.53. The molecule has 1 unspecified atom stereocenters. The minimum Gasteiger partial charge on any atom is -0.388 e. The van der Waals surface area contributed by atoms with Gasteiger partial charge < -0.3 is 15.7 Å². The zero-order valence-corrected chi connectivity index (χ0v) is 11.8. The molecule has 2 aromatic rings. The van der Waals surface area contributed by atoms with Crippen LogP contribution in [0.1, 0.15) is 17.2 Å². The van der Waals surface area contributed by atoms with Crippen LogP contribution in [0.15, 0.2) is 54.6 Å². The van der Waals surface area contributed by atoms with Crippen molar-refractivity contribution in [3.05, 3.63) is 65.7 Å². The molecular weight excluding hydrogens is 248 g/mol. The van der Waals surface area contributed by atoms with Crippen molar-refractivity contribution >= 4 is 5.69 Å². The molecule has 0 bridgehead atoms. The van der Waals surface area contributed by atoms with Gasteiger partial charge in [-0.15, -0.1) is 0 Å². The molecule has 3 nitrogen and oxygen atoms in total. The Morgan fingerprint density at radius 3 is 2.35 bits per heavy atom. The van der Waals surface area contributed by atoms with E-state index in [2.05, 4.69) is 34.9 Å². The third-order valence-corrected chi connectivity index (χ3v) is 3.36. The van der Waals surface area contributed by atoms with Crippen LogP contribution < -0.4 is 10.6 Å². The molecule has 0 spiro atoms. The Bertz CT molecular complexity index is 496. The molecule has 2 aromatic carbocycles. The summed E-state index contributed by atoms with van der Waals surface area (Å²) in [7, 11) is 1.92. The molecule has 1 atom stereocenters. The van der Waals surface area contributed by atoms with Crippen molar-refractivity contribution in [3.8, 4) is 0 Å². The van der Waals surface area contributed by atoms with E-state index < -0.39 is 6.10 Å². The SMILES string of the molecule is CNc1ccc(CCNCC(O)c2ccccc2)cc1. The molecule has 0 aliphatic heterocycles. The van der Waals surface area contributed by atoms with Crippen LogP contribution in [-0.2, 0) is 6.42 Å². The topological polar surface area (TPSA) is 44.3 Å². The first kappa shape index (κ1) is 14.6. The van der Waals surface area contributed by atoms with Gasteiger partial charge in [0.2, 0.25) is 0 Å². The van der Waals surface area contributed by atoms with Gasteiger partial charge in [-0.1, -0.05) is 42.5 Å². The highest BCUT2D eigenvalue weighted by molar-refractivity contribution is 5.43. The van der Waals surface area contributed by atoms with Gasteiger partial charge in [0, 0.05) is 19.3 Å². The van der Waals surface area contributed by atoms with Crippen LogP contribution in [0.2, 0.25) is 0 Å². The van der Waals surface area contributed by atoms with Gasteiger partial charge in [0.1, 0.15) is 0 Å². The van der Waals surface area contributed by atoms with E-state index in [1.54, 1.807) is 0 Å². The molecule has 0 aliphatic rings. The molecule has 2 rings (SSSR count). The molecule has 3 N–H and O–H groups in total. The van der Waals surface area contributed by atoms with Crippen LogP contribution in [0, 0.1) is 0 Å². The summed E-state index contributed by atoms with van der Waals surface area (Å²) in [6.07, 6.45) is 0.522. The number of hydrogen-bond donors (Lipinski definition) is 3. The molecule has 0 aromatic heterocycles. The fourth-order valence-corrected chi connectivity index (χ4v) is 2.10. The second-order valence-electron chi connectivity index (χ2n) is 4.83. The number of benzene rings is 2. The molecule has 20 heavy (non-hydrogen) atoms. The lowest BCUT2D eigenvalue weighted by molar-refractivity contribution is 0.175. The number of nitrogens with one attached hydrogen (secondary N) is 2. The Morgan fingerprint density at radius 1 is 1.00 bits per heavy atom. The minimum atomic E-state index is -0.442. The lowest BCUT2D eigenvalue weighted by Gasteiger charge is -2.12. The largest absolute Gasteiger partial charge is 0.388 e. The van der Waals surface area contributed by atoms with E-state index in [4.69, 9.17) is 0 Å². The number of hydrogen-bond acceptors (Lipinski definition) is 3. The van der Waals surface area contributed by atoms with E-state index in [1.165, 1.54) is 5.56 Å². The van der Waals surface area contributed by atoms with Gasteiger partial charge in [0.25, 0.3) is 0 Å². The van der Waals surface area contributed by atoms with Crippen LogP contribution in [0.3, 0.4) is 0 Å². The predicted molar refractivity (Wildman–Crippen MR) is 84.0 cm³/mol. The van der Waals surface area contributed by atoms with Crippen molar-refractivity contribution in [1.82, 2.24) is 5.32 Å². The quantitative estimate of drug-likeness (QED) is 0.678. The molecule has 106 valence electrons. The first-order chi connectivity index (χ1) is 9.79. The summed E-state index contributed by atoms with van der Waals surface area (Å²) in [5.74, 6) is 0. The van der Waals surface area contributed by atoms with Crippen LogP contribution in [-0.4, -0.2) is 25.2 Å². The van der Waals surface area contributed by atoms with E-state index in [9.17, 15) is 5.11 Å². The van der Waals surface area contributed by atoms with Gasteiger partial charge in [-0.3, -0.25) is 0 Å². The Morgan fingerprint density at radius 2 is 1.70 bits per heavy atom. The van der Waals surface area contributed by atoms with E-state index in [-0.39, 0.29) is 0 Å². The van der Waals surface area contributed by atoms with Crippen LogP contribution in [0.25, 0.3) is 0 Å². The first-order valence-electron chi connectivity index (χ1n) is 7.00. The smallest absolute Gasteiger partial charge is 0.0914 e. The summed E-state index contributed by atoms with van der Waals surface area (Å²) >= 11 is 0. The summed E-state index contributed by atoms with van der Waals surface area (Å²) in [4.78, 5) is 0. The molecular formula is C17H22N2O. The molecule has 0 saturated heterocycles. The Hall–Kier alpha value is -1.84. The van der Waals surface area contributed by atoms with Crippen molar-refractivity contribution in [2.75, 3.05) is 25.5 Å². The maximum Gasteiger partial charge on any atom is 0.0914 e. The molecule has 0 heterocycles. The lowest BCUT2D eigenvalue weighted by Crippen LogP contribution is -2.23. The highest BCUT2D eigenvalue weighted by Crippen LogP contribution is 2.11. The van der Waals surface area contributed by atoms with E-state index in [1.807, 2.05) is 37.4 Å². The predicted octanol–water partition coefficient (Wildman–Crippen LogP) is 2.59. The number of rotatable bonds is 7. The number of aliphatic hydroxyl groups is 1. The van der Waals surface area contributed by atoms with Crippen molar-refractivity contribution < 1.29 is 5.11 Å². The zero-order chi connectivity index (χ0) is 14.2. The maximum absolute atomic E-state index is 10.0. The van der Waals surface area contributed by atoms with Crippen molar-refractivity contribution in [2.24, 2.45) is 0 Å². The van der Waals surface area contributed by atoms with E-state index >= 15 is 0 Å². The summed E-state index contributed by atoms with van der Waals surface area (Å²) in [6.45, 7) is 1.45.